The van der Waals surface area contributed by atoms with E-state index < -0.39 is 41.7 Å². The number of benzene rings is 2. The highest BCUT2D eigenvalue weighted by Crippen LogP contribution is 2.31. The number of amides is 4. The lowest BCUT2D eigenvalue weighted by molar-refractivity contribution is -0.137. The van der Waals surface area contributed by atoms with Crippen molar-refractivity contribution in [1.29, 1.82) is 0 Å². The molecule has 0 aromatic heterocycles. The third-order valence-electron chi connectivity index (χ3n) is 5.40. The molecular weight excluding hydrogens is 399 g/mol. The van der Waals surface area contributed by atoms with Crippen LogP contribution in [0, 0.1) is 6.92 Å². The molecule has 6 nitrogen and oxygen atoms in total. The van der Waals surface area contributed by atoms with Gasteiger partial charge in [-0.2, -0.15) is 13.2 Å². The Morgan fingerprint density at radius 1 is 1.03 bits per heavy atom. The molecule has 4 amide bonds. The first kappa shape index (κ1) is 19.9. The Kier molecular flexibility index (Phi) is 4.76. The fraction of sp³-hybridized carbons (Fsp3) is 0.286. The van der Waals surface area contributed by atoms with Crippen molar-refractivity contribution in [3.8, 4) is 0 Å². The lowest BCUT2D eigenvalue weighted by Gasteiger charge is -2.37. The molecule has 0 bridgehead atoms. The largest absolute Gasteiger partial charge is 0.416 e. The van der Waals surface area contributed by atoms with Gasteiger partial charge in [-0.25, -0.2) is 9.69 Å². The molecule has 0 unspecified atom stereocenters. The van der Waals surface area contributed by atoms with Gasteiger partial charge in [0.25, 0.3) is 11.8 Å². The number of carbonyl (C=O) groups excluding carboxylic acids is 3. The first-order valence-electron chi connectivity index (χ1n) is 9.36. The molecule has 2 atom stereocenters. The molecule has 1 N–H and O–H groups in total. The molecule has 2 aromatic rings. The van der Waals surface area contributed by atoms with Gasteiger partial charge in [0, 0.05) is 12.1 Å². The normalized spacial score (nSPS) is 21.5. The average Bonchev–Trinajstić information content (AvgIpc) is 3.12. The minimum absolute atomic E-state index is 0.0511. The molecule has 4 rings (SSSR count). The minimum Gasteiger partial charge on any atom is -0.332 e. The number of carbonyl (C=O) groups is 3. The number of fused-ring (bicyclic) bond motifs is 1. The van der Waals surface area contributed by atoms with Crippen LogP contribution in [0.15, 0.2) is 48.5 Å². The van der Waals surface area contributed by atoms with Gasteiger partial charge in [-0.15, -0.1) is 0 Å². The Labute approximate surface area is 170 Å². The molecule has 2 aliphatic rings. The van der Waals surface area contributed by atoms with Gasteiger partial charge in [0.1, 0.15) is 6.04 Å². The van der Waals surface area contributed by atoms with E-state index in [1.807, 2.05) is 6.92 Å². The summed E-state index contributed by atoms with van der Waals surface area (Å²) in [6.45, 7) is 2.09. The maximum absolute atomic E-state index is 13.2. The summed E-state index contributed by atoms with van der Waals surface area (Å²) in [5.74, 6) is -1.09. The molecule has 0 radical (unpaired) electrons. The summed E-state index contributed by atoms with van der Waals surface area (Å²) in [7, 11) is 0. The van der Waals surface area contributed by atoms with E-state index in [0.29, 0.717) is 12.1 Å². The van der Waals surface area contributed by atoms with Crippen LogP contribution in [-0.2, 0) is 11.0 Å². The maximum atomic E-state index is 13.2. The monoisotopic (exact) mass is 417 g/mol. The quantitative estimate of drug-likeness (QED) is 0.815. The van der Waals surface area contributed by atoms with Crippen LogP contribution in [0.1, 0.15) is 27.9 Å². The molecule has 0 aliphatic carbocycles. The van der Waals surface area contributed by atoms with Crippen molar-refractivity contribution >= 4 is 23.5 Å². The van der Waals surface area contributed by atoms with Gasteiger partial charge < -0.3 is 10.2 Å². The number of alkyl halides is 3. The zero-order valence-corrected chi connectivity index (χ0v) is 15.9. The molecule has 2 heterocycles. The van der Waals surface area contributed by atoms with Crippen LogP contribution in [0.25, 0.3) is 0 Å². The van der Waals surface area contributed by atoms with Gasteiger partial charge in [-0.05, 0) is 49.7 Å². The predicted octanol–water partition coefficient (Wildman–Crippen LogP) is 3.35. The number of anilines is 1. The third kappa shape index (κ3) is 3.40. The van der Waals surface area contributed by atoms with Gasteiger partial charge in [0.2, 0.25) is 0 Å². The molecule has 156 valence electrons. The Balaban J connectivity index is 1.60. The number of hydrogen-bond donors (Lipinski definition) is 1. The summed E-state index contributed by atoms with van der Waals surface area (Å²) < 4.78 is 38.3. The Morgan fingerprint density at radius 3 is 2.27 bits per heavy atom. The van der Waals surface area contributed by atoms with E-state index in [2.05, 4.69) is 5.32 Å². The number of nitrogens with zero attached hydrogens (tertiary/aromatic N) is 2. The number of hydrogen-bond acceptors (Lipinski definition) is 3. The number of likely N-dealkylation sites (tertiary alicyclic amines) is 1. The first-order valence-corrected chi connectivity index (χ1v) is 9.36. The van der Waals surface area contributed by atoms with Crippen LogP contribution in [-0.4, -0.2) is 41.4 Å². The van der Waals surface area contributed by atoms with Crippen molar-refractivity contribution in [2.24, 2.45) is 0 Å². The smallest absolute Gasteiger partial charge is 0.332 e. The highest BCUT2D eigenvalue weighted by Gasteiger charge is 2.50. The van der Waals surface area contributed by atoms with E-state index in [-0.39, 0.29) is 12.1 Å². The number of halogens is 3. The molecular formula is C21H18F3N3O3. The Hall–Kier alpha value is -3.36. The van der Waals surface area contributed by atoms with Crippen molar-refractivity contribution in [3.63, 3.8) is 0 Å². The van der Waals surface area contributed by atoms with E-state index in [1.54, 1.807) is 24.3 Å². The van der Waals surface area contributed by atoms with Gasteiger partial charge in [-0.3, -0.25) is 9.59 Å². The summed E-state index contributed by atoms with van der Waals surface area (Å²) in [4.78, 5) is 40.9. The maximum Gasteiger partial charge on any atom is 0.416 e. The first-order chi connectivity index (χ1) is 14.2. The van der Waals surface area contributed by atoms with E-state index >= 15 is 0 Å². The number of urea groups is 1. The van der Waals surface area contributed by atoms with Crippen molar-refractivity contribution in [3.05, 3.63) is 65.2 Å². The molecule has 2 fully saturated rings. The molecule has 2 aromatic carbocycles. The molecule has 9 heteroatoms. The summed E-state index contributed by atoms with van der Waals surface area (Å²) in [6, 6.07) is 8.67. The van der Waals surface area contributed by atoms with Crippen LogP contribution in [0.5, 0.6) is 0 Å². The summed E-state index contributed by atoms with van der Waals surface area (Å²) in [5, 5.41) is 2.76. The summed E-state index contributed by atoms with van der Waals surface area (Å²) in [5.41, 5.74) is 0.539. The van der Waals surface area contributed by atoms with E-state index in [1.165, 1.54) is 4.90 Å². The van der Waals surface area contributed by atoms with Crippen LogP contribution < -0.4 is 10.2 Å². The number of nitrogens with one attached hydrogen (secondary N) is 1. The van der Waals surface area contributed by atoms with Gasteiger partial charge in [0.05, 0.1) is 17.3 Å². The number of rotatable bonds is 2. The second-order valence-electron chi connectivity index (χ2n) is 7.37. The van der Waals surface area contributed by atoms with Crippen LogP contribution in [0.2, 0.25) is 0 Å². The molecule has 30 heavy (non-hydrogen) atoms. The zero-order valence-electron chi connectivity index (χ0n) is 15.9. The zero-order chi connectivity index (χ0) is 21.6. The highest BCUT2D eigenvalue weighted by atomic mass is 19.4. The van der Waals surface area contributed by atoms with Crippen molar-refractivity contribution in [2.45, 2.75) is 31.6 Å². The van der Waals surface area contributed by atoms with Crippen LogP contribution in [0.4, 0.5) is 23.7 Å². The van der Waals surface area contributed by atoms with Crippen molar-refractivity contribution in [2.75, 3.05) is 11.4 Å². The summed E-state index contributed by atoms with van der Waals surface area (Å²) in [6.07, 6.45) is -4.12. The second kappa shape index (κ2) is 7.16. The number of aryl methyl sites for hydroxylation is 1. The van der Waals surface area contributed by atoms with E-state index in [9.17, 15) is 27.6 Å². The van der Waals surface area contributed by atoms with Crippen LogP contribution >= 0.6 is 0 Å². The lowest BCUT2D eigenvalue weighted by atomic mass is 10.0. The van der Waals surface area contributed by atoms with Crippen molar-refractivity contribution < 1.29 is 27.6 Å². The fourth-order valence-corrected chi connectivity index (χ4v) is 3.84. The Morgan fingerprint density at radius 2 is 1.67 bits per heavy atom. The van der Waals surface area contributed by atoms with Gasteiger partial charge in [-0.1, -0.05) is 17.7 Å². The second-order valence-corrected chi connectivity index (χ2v) is 7.37. The summed E-state index contributed by atoms with van der Waals surface area (Å²) >= 11 is 0. The minimum atomic E-state index is -4.50. The molecule has 2 aliphatic heterocycles. The molecule has 2 saturated heterocycles. The van der Waals surface area contributed by atoms with E-state index in [4.69, 9.17) is 0 Å². The Bertz CT molecular complexity index is 1000. The SMILES string of the molecule is Cc1ccc(N2C(=O)N[C@@H]3CCN(C(=O)c4ccc(C(F)(F)F)cc4)[C@H]3C2=O)cc1. The average molecular weight is 417 g/mol. The standard InChI is InChI=1S/C21H18F3N3O3/c1-12-2-8-15(9-3-12)27-19(29)17-16(25-20(27)30)10-11-26(17)18(28)13-4-6-14(7-5-13)21(22,23)24/h2-9,16-17H,10-11H2,1H3,(H,25,30)/t16-,17-/m1/s1. The van der Waals surface area contributed by atoms with E-state index in [0.717, 1.165) is 34.7 Å². The van der Waals surface area contributed by atoms with Gasteiger partial charge >= 0.3 is 12.2 Å². The number of imide groups is 1. The van der Waals surface area contributed by atoms with Gasteiger partial charge in [0.15, 0.2) is 0 Å². The molecule has 0 saturated carbocycles. The van der Waals surface area contributed by atoms with Crippen LogP contribution in [0.3, 0.4) is 0 Å². The van der Waals surface area contributed by atoms with Crippen molar-refractivity contribution in [1.82, 2.24) is 10.2 Å². The lowest BCUT2D eigenvalue weighted by Crippen LogP contribution is -2.65. The molecule has 0 spiro atoms. The fourth-order valence-electron chi connectivity index (χ4n) is 3.84. The third-order valence-corrected chi connectivity index (χ3v) is 5.40. The topological polar surface area (TPSA) is 69.7 Å². The highest BCUT2D eigenvalue weighted by molar-refractivity contribution is 6.19. The predicted molar refractivity (Wildman–Crippen MR) is 102 cm³/mol.